The number of amides is 1. The number of nitrogens with one attached hydrogen (secondary N) is 2. The molecular formula is C17H24ClFN2O. The molecule has 1 amide bonds. The van der Waals surface area contributed by atoms with Crippen LogP contribution in [0.15, 0.2) is 24.3 Å². The van der Waals surface area contributed by atoms with E-state index in [4.69, 9.17) is 0 Å². The fourth-order valence-corrected chi connectivity index (χ4v) is 3.62. The maximum Gasteiger partial charge on any atom is 0.224 e. The molecule has 22 heavy (non-hydrogen) atoms. The summed E-state index contributed by atoms with van der Waals surface area (Å²) in [6.07, 6.45) is 5.37. The van der Waals surface area contributed by atoms with Crippen LogP contribution in [0, 0.1) is 17.7 Å². The number of carbonyl (C=O) groups is 1. The highest BCUT2D eigenvalue weighted by atomic mass is 35.5. The Morgan fingerprint density at radius 2 is 1.95 bits per heavy atom. The van der Waals surface area contributed by atoms with Gasteiger partial charge in [0.15, 0.2) is 0 Å². The average molecular weight is 327 g/mol. The molecule has 2 aliphatic rings. The largest absolute Gasteiger partial charge is 0.349 e. The number of hydrogen-bond donors (Lipinski definition) is 2. The zero-order valence-electron chi connectivity index (χ0n) is 12.7. The van der Waals surface area contributed by atoms with Crippen molar-refractivity contribution in [3.8, 4) is 0 Å². The van der Waals surface area contributed by atoms with Gasteiger partial charge in [0.05, 0.1) is 12.0 Å². The summed E-state index contributed by atoms with van der Waals surface area (Å²) in [7, 11) is 0. The minimum Gasteiger partial charge on any atom is -0.349 e. The molecule has 3 rings (SSSR count). The minimum atomic E-state index is -0.209. The smallest absolute Gasteiger partial charge is 0.224 e. The summed E-state index contributed by atoms with van der Waals surface area (Å²) in [5, 5.41) is 6.35. The lowest BCUT2D eigenvalue weighted by atomic mass is 9.90. The monoisotopic (exact) mass is 326 g/mol. The van der Waals surface area contributed by atoms with Crippen LogP contribution in [-0.4, -0.2) is 19.0 Å². The predicted molar refractivity (Wildman–Crippen MR) is 87.5 cm³/mol. The van der Waals surface area contributed by atoms with Crippen molar-refractivity contribution in [2.75, 3.05) is 13.1 Å². The van der Waals surface area contributed by atoms with Gasteiger partial charge in [-0.25, -0.2) is 4.39 Å². The fraction of sp³-hybridized carbons (Fsp3) is 0.588. The molecule has 0 radical (unpaired) electrons. The van der Waals surface area contributed by atoms with Crippen LogP contribution in [0.2, 0.25) is 0 Å². The first-order chi connectivity index (χ1) is 10.3. The van der Waals surface area contributed by atoms with E-state index in [-0.39, 0.29) is 36.1 Å². The van der Waals surface area contributed by atoms with Gasteiger partial charge in [0.25, 0.3) is 0 Å². The molecule has 2 atom stereocenters. The topological polar surface area (TPSA) is 41.1 Å². The Hall–Kier alpha value is -1.13. The zero-order valence-corrected chi connectivity index (χ0v) is 13.5. The third kappa shape index (κ3) is 3.79. The van der Waals surface area contributed by atoms with E-state index >= 15 is 0 Å². The molecule has 5 heteroatoms. The van der Waals surface area contributed by atoms with E-state index in [1.807, 2.05) is 12.1 Å². The molecule has 0 spiro atoms. The second-order valence-corrected chi connectivity index (χ2v) is 6.24. The van der Waals surface area contributed by atoms with Crippen molar-refractivity contribution in [1.29, 1.82) is 0 Å². The van der Waals surface area contributed by atoms with E-state index in [1.165, 1.54) is 18.9 Å². The third-order valence-corrected chi connectivity index (χ3v) is 4.84. The average Bonchev–Trinajstić information content (AvgIpc) is 3.18. The van der Waals surface area contributed by atoms with E-state index in [1.54, 1.807) is 6.07 Å². The van der Waals surface area contributed by atoms with Gasteiger partial charge in [-0.05, 0) is 37.8 Å². The Morgan fingerprint density at radius 1 is 1.23 bits per heavy atom. The zero-order chi connectivity index (χ0) is 14.7. The molecule has 1 aromatic carbocycles. The van der Waals surface area contributed by atoms with Crippen LogP contribution >= 0.6 is 12.4 Å². The summed E-state index contributed by atoms with van der Waals surface area (Å²) >= 11 is 0. The molecule has 0 bridgehead atoms. The van der Waals surface area contributed by atoms with Crippen LogP contribution in [0.3, 0.4) is 0 Å². The van der Waals surface area contributed by atoms with Gasteiger partial charge in [-0.2, -0.15) is 0 Å². The maximum atomic E-state index is 14.2. The van der Waals surface area contributed by atoms with Crippen molar-refractivity contribution in [3.05, 3.63) is 35.6 Å². The number of rotatable bonds is 4. The molecule has 1 aliphatic carbocycles. The molecule has 1 saturated carbocycles. The first kappa shape index (κ1) is 17.2. The van der Waals surface area contributed by atoms with Crippen molar-refractivity contribution >= 4 is 18.3 Å². The van der Waals surface area contributed by atoms with Crippen molar-refractivity contribution in [3.63, 3.8) is 0 Å². The quantitative estimate of drug-likeness (QED) is 0.892. The van der Waals surface area contributed by atoms with E-state index in [2.05, 4.69) is 10.6 Å². The summed E-state index contributed by atoms with van der Waals surface area (Å²) in [4.78, 5) is 12.4. The van der Waals surface area contributed by atoms with Crippen LogP contribution in [-0.2, 0) is 4.79 Å². The van der Waals surface area contributed by atoms with Crippen LogP contribution in [0.25, 0.3) is 0 Å². The first-order valence-electron chi connectivity index (χ1n) is 8.01. The molecule has 1 heterocycles. The molecule has 2 N–H and O–H groups in total. The minimum absolute atomic E-state index is 0. The highest BCUT2D eigenvalue weighted by Gasteiger charge is 2.32. The Morgan fingerprint density at radius 3 is 2.59 bits per heavy atom. The molecule has 2 fully saturated rings. The fourth-order valence-electron chi connectivity index (χ4n) is 3.62. The van der Waals surface area contributed by atoms with Crippen LogP contribution in [0.5, 0.6) is 0 Å². The Labute approximate surface area is 137 Å². The lowest BCUT2D eigenvalue weighted by Crippen LogP contribution is -2.38. The van der Waals surface area contributed by atoms with Gasteiger partial charge in [0.2, 0.25) is 5.91 Å². The van der Waals surface area contributed by atoms with Gasteiger partial charge >= 0.3 is 0 Å². The van der Waals surface area contributed by atoms with Gasteiger partial charge in [0, 0.05) is 12.1 Å². The highest BCUT2D eigenvalue weighted by Crippen LogP contribution is 2.36. The van der Waals surface area contributed by atoms with E-state index in [9.17, 15) is 9.18 Å². The highest BCUT2D eigenvalue weighted by molar-refractivity contribution is 5.85. The molecule has 0 aromatic heterocycles. The Balaban J connectivity index is 0.00000176. The molecular weight excluding hydrogens is 303 g/mol. The summed E-state index contributed by atoms with van der Waals surface area (Å²) in [5.41, 5.74) is 0.642. The van der Waals surface area contributed by atoms with Crippen LogP contribution in [0.4, 0.5) is 4.39 Å². The number of hydrogen-bond acceptors (Lipinski definition) is 2. The van der Waals surface area contributed by atoms with Gasteiger partial charge in [-0.15, -0.1) is 12.4 Å². The van der Waals surface area contributed by atoms with E-state index < -0.39 is 0 Å². The Kier molecular flexibility index (Phi) is 6.21. The normalized spacial score (nSPS) is 23.0. The lowest BCUT2D eigenvalue weighted by molar-refractivity contribution is -0.125. The summed E-state index contributed by atoms with van der Waals surface area (Å²) in [6.45, 7) is 1.63. The summed E-state index contributed by atoms with van der Waals surface area (Å²) in [5.74, 6) is 0.250. The maximum absolute atomic E-state index is 14.2. The standard InChI is InChI=1S/C17H23FN2O.ClH/c18-15-8-4-3-7-14(15)16(12-5-1-2-6-12)20-17(21)13-9-10-19-11-13;/h3-4,7-8,12-13,16,19H,1-2,5-6,9-11H2,(H,20,21);1H. The first-order valence-corrected chi connectivity index (χ1v) is 8.01. The van der Waals surface area contributed by atoms with Crippen molar-refractivity contribution in [2.45, 2.75) is 38.1 Å². The summed E-state index contributed by atoms with van der Waals surface area (Å²) in [6, 6.07) is 6.67. The van der Waals surface area contributed by atoms with Gasteiger partial charge in [-0.1, -0.05) is 31.0 Å². The number of carbonyl (C=O) groups excluding carboxylic acids is 1. The molecule has 122 valence electrons. The van der Waals surface area contributed by atoms with E-state index in [0.29, 0.717) is 11.5 Å². The number of benzene rings is 1. The predicted octanol–water partition coefficient (Wildman–Crippen LogP) is 3.20. The van der Waals surface area contributed by atoms with Crippen molar-refractivity contribution < 1.29 is 9.18 Å². The van der Waals surface area contributed by atoms with Gasteiger partial charge in [-0.3, -0.25) is 4.79 Å². The molecule has 1 saturated heterocycles. The molecule has 1 aromatic rings. The second kappa shape index (κ2) is 7.93. The van der Waals surface area contributed by atoms with Gasteiger partial charge < -0.3 is 10.6 Å². The molecule has 1 aliphatic heterocycles. The Bertz CT molecular complexity index is 499. The molecule has 3 nitrogen and oxygen atoms in total. The lowest BCUT2D eigenvalue weighted by Gasteiger charge is -2.27. The third-order valence-electron chi connectivity index (χ3n) is 4.84. The number of halogens is 2. The summed E-state index contributed by atoms with van der Waals surface area (Å²) < 4.78 is 14.2. The van der Waals surface area contributed by atoms with Crippen LogP contribution < -0.4 is 10.6 Å². The van der Waals surface area contributed by atoms with Crippen LogP contribution in [0.1, 0.15) is 43.7 Å². The molecule has 2 unspecified atom stereocenters. The second-order valence-electron chi connectivity index (χ2n) is 6.24. The van der Waals surface area contributed by atoms with Crippen molar-refractivity contribution in [2.24, 2.45) is 11.8 Å². The van der Waals surface area contributed by atoms with E-state index in [0.717, 1.165) is 32.4 Å². The SMILES string of the molecule is Cl.O=C(NC(c1ccccc1F)C1CCCC1)C1CCNC1. The van der Waals surface area contributed by atoms with Gasteiger partial charge in [0.1, 0.15) is 5.82 Å². The van der Waals surface area contributed by atoms with Crippen molar-refractivity contribution in [1.82, 2.24) is 10.6 Å².